The van der Waals surface area contributed by atoms with Gasteiger partial charge in [0.25, 0.3) is 0 Å². The van der Waals surface area contributed by atoms with E-state index in [4.69, 9.17) is 14.2 Å². The van der Waals surface area contributed by atoms with Crippen LogP contribution in [0.3, 0.4) is 0 Å². The van der Waals surface area contributed by atoms with Gasteiger partial charge in [0.05, 0.1) is 34.0 Å². The first-order valence-electron chi connectivity index (χ1n) is 9.42. The molecular weight excluding hydrogens is 318 g/mol. The van der Waals surface area contributed by atoms with E-state index in [0.717, 1.165) is 18.0 Å². The summed E-state index contributed by atoms with van der Waals surface area (Å²) in [4.78, 5) is 0. The topological polar surface area (TPSA) is 64.5 Å². The Labute approximate surface area is 152 Å². The zero-order valence-electron chi connectivity index (χ0n) is 16.3. The fourth-order valence-corrected chi connectivity index (χ4v) is 2.86. The van der Waals surface area contributed by atoms with E-state index in [2.05, 4.69) is 19.2 Å². The van der Waals surface area contributed by atoms with Crippen LogP contribution in [0.4, 0.5) is 0 Å². The van der Waals surface area contributed by atoms with Crippen LogP contribution in [-0.2, 0) is 11.3 Å². The molecular formula is C20H36NO4+. The van der Waals surface area contributed by atoms with Crippen molar-refractivity contribution in [2.45, 2.75) is 52.2 Å². The first kappa shape index (κ1) is 21.7. The Hall–Kier alpha value is -1.30. The summed E-state index contributed by atoms with van der Waals surface area (Å²) in [6.45, 7) is 7.05. The number of ether oxygens (including phenoxy) is 3. The fourth-order valence-electron chi connectivity index (χ4n) is 2.86. The average Bonchev–Trinajstić information content (AvgIpc) is 2.64. The molecule has 144 valence electrons. The van der Waals surface area contributed by atoms with Gasteiger partial charge in [0.15, 0.2) is 11.5 Å². The molecule has 0 bridgehead atoms. The van der Waals surface area contributed by atoms with Crippen molar-refractivity contribution < 1.29 is 24.6 Å². The molecule has 0 heterocycles. The third-order valence-electron chi connectivity index (χ3n) is 4.51. The van der Waals surface area contributed by atoms with Crippen LogP contribution in [0.1, 0.15) is 45.1 Å². The summed E-state index contributed by atoms with van der Waals surface area (Å²) in [5.74, 6) is 2.14. The SMILES string of the molecule is CCCC[C@@H](CC)C[NH2+]C[C@@H](O)COCc1ccc(OC)c(OC)c1. The minimum Gasteiger partial charge on any atom is -0.493 e. The minimum atomic E-state index is -0.441. The van der Waals surface area contributed by atoms with Gasteiger partial charge in [0.1, 0.15) is 12.6 Å². The standard InChI is InChI=1S/C20H35NO4/c1-5-7-8-16(6-2)12-21-13-18(22)15-25-14-17-9-10-19(23-3)20(11-17)24-4/h9-11,16,18,21-22H,5-8,12-15H2,1-4H3/p+1/t16-,18-/m1/s1. The number of unbranched alkanes of at least 4 members (excludes halogenated alkanes) is 1. The maximum atomic E-state index is 10.1. The molecule has 0 spiro atoms. The maximum absolute atomic E-state index is 10.1. The van der Waals surface area contributed by atoms with Gasteiger partial charge in [0, 0.05) is 5.92 Å². The van der Waals surface area contributed by atoms with Crippen LogP contribution in [-0.4, -0.2) is 45.1 Å². The van der Waals surface area contributed by atoms with Crippen molar-refractivity contribution in [1.82, 2.24) is 0 Å². The van der Waals surface area contributed by atoms with E-state index in [1.54, 1.807) is 14.2 Å². The molecule has 0 aliphatic rings. The Balaban J connectivity index is 2.25. The van der Waals surface area contributed by atoms with Gasteiger partial charge in [-0.25, -0.2) is 0 Å². The molecule has 0 aromatic heterocycles. The molecule has 5 heteroatoms. The number of quaternary nitrogens is 1. The van der Waals surface area contributed by atoms with Crippen LogP contribution in [0.2, 0.25) is 0 Å². The molecule has 2 atom stereocenters. The van der Waals surface area contributed by atoms with Crippen LogP contribution >= 0.6 is 0 Å². The van der Waals surface area contributed by atoms with Crippen LogP contribution in [0, 0.1) is 5.92 Å². The summed E-state index contributed by atoms with van der Waals surface area (Å²) in [6, 6.07) is 5.71. The lowest BCUT2D eigenvalue weighted by molar-refractivity contribution is -0.667. The van der Waals surface area contributed by atoms with E-state index in [0.29, 0.717) is 31.3 Å². The van der Waals surface area contributed by atoms with Gasteiger partial charge in [-0.1, -0.05) is 32.8 Å². The van der Waals surface area contributed by atoms with Crippen LogP contribution in [0.5, 0.6) is 11.5 Å². The highest BCUT2D eigenvalue weighted by Gasteiger charge is 2.11. The molecule has 0 saturated carbocycles. The molecule has 1 aromatic rings. The van der Waals surface area contributed by atoms with Crippen molar-refractivity contribution in [2.24, 2.45) is 5.92 Å². The summed E-state index contributed by atoms with van der Waals surface area (Å²) in [6.07, 6.45) is 4.60. The highest BCUT2D eigenvalue weighted by Crippen LogP contribution is 2.27. The van der Waals surface area contributed by atoms with Gasteiger partial charge >= 0.3 is 0 Å². The zero-order valence-corrected chi connectivity index (χ0v) is 16.3. The molecule has 1 aromatic carbocycles. The lowest BCUT2D eigenvalue weighted by atomic mass is 9.99. The molecule has 0 aliphatic carbocycles. The highest BCUT2D eigenvalue weighted by molar-refractivity contribution is 5.42. The number of aliphatic hydroxyl groups excluding tert-OH is 1. The second-order valence-corrected chi connectivity index (χ2v) is 6.53. The number of aliphatic hydroxyl groups is 1. The Morgan fingerprint density at radius 1 is 1.08 bits per heavy atom. The number of nitrogens with two attached hydrogens (primary N) is 1. The van der Waals surface area contributed by atoms with Gasteiger partial charge in [-0.15, -0.1) is 0 Å². The molecule has 1 rings (SSSR count). The zero-order chi connectivity index (χ0) is 18.5. The van der Waals surface area contributed by atoms with Crippen molar-refractivity contribution in [3.8, 4) is 11.5 Å². The third kappa shape index (κ3) is 8.56. The highest BCUT2D eigenvalue weighted by atomic mass is 16.5. The number of rotatable bonds is 14. The first-order valence-corrected chi connectivity index (χ1v) is 9.42. The quantitative estimate of drug-likeness (QED) is 0.538. The Kier molecular flexibility index (Phi) is 11.3. The summed E-state index contributed by atoms with van der Waals surface area (Å²) in [7, 11) is 3.23. The van der Waals surface area contributed by atoms with Gasteiger partial charge in [0.2, 0.25) is 0 Å². The lowest BCUT2D eigenvalue weighted by Crippen LogP contribution is -2.87. The van der Waals surface area contributed by atoms with Crippen LogP contribution in [0.15, 0.2) is 18.2 Å². The second kappa shape index (κ2) is 13.0. The van der Waals surface area contributed by atoms with Crippen molar-refractivity contribution in [2.75, 3.05) is 33.9 Å². The van der Waals surface area contributed by atoms with E-state index >= 15 is 0 Å². The fraction of sp³-hybridized carbons (Fsp3) is 0.700. The molecule has 0 saturated heterocycles. The van der Waals surface area contributed by atoms with E-state index in [1.165, 1.54) is 25.7 Å². The number of benzene rings is 1. The Bertz CT molecular complexity index is 467. The van der Waals surface area contributed by atoms with E-state index in [9.17, 15) is 5.11 Å². The van der Waals surface area contributed by atoms with Crippen LogP contribution in [0.25, 0.3) is 0 Å². The van der Waals surface area contributed by atoms with E-state index in [1.807, 2.05) is 18.2 Å². The Morgan fingerprint density at radius 2 is 1.84 bits per heavy atom. The molecule has 0 unspecified atom stereocenters. The van der Waals surface area contributed by atoms with Gasteiger partial charge < -0.3 is 24.6 Å². The minimum absolute atomic E-state index is 0.344. The smallest absolute Gasteiger partial charge is 0.161 e. The summed E-state index contributed by atoms with van der Waals surface area (Å²) < 4.78 is 16.1. The summed E-state index contributed by atoms with van der Waals surface area (Å²) in [5, 5.41) is 12.3. The van der Waals surface area contributed by atoms with E-state index < -0.39 is 6.10 Å². The number of hydrogen-bond acceptors (Lipinski definition) is 4. The number of methoxy groups -OCH3 is 2. The predicted molar refractivity (Wildman–Crippen MR) is 100 cm³/mol. The molecule has 3 N–H and O–H groups in total. The molecule has 0 amide bonds. The molecule has 0 radical (unpaired) electrons. The van der Waals surface area contributed by atoms with Gasteiger partial charge in [-0.2, -0.15) is 0 Å². The van der Waals surface area contributed by atoms with Crippen molar-refractivity contribution in [1.29, 1.82) is 0 Å². The number of hydrogen-bond donors (Lipinski definition) is 2. The predicted octanol–water partition coefficient (Wildman–Crippen LogP) is 2.36. The largest absolute Gasteiger partial charge is 0.493 e. The molecule has 0 fully saturated rings. The monoisotopic (exact) mass is 354 g/mol. The third-order valence-corrected chi connectivity index (χ3v) is 4.51. The first-order chi connectivity index (χ1) is 12.1. The lowest BCUT2D eigenvalue weighted by Gasteiger charge is -2.15. The van der Waals surface area contributed by atoms with E-state index in [-0.39, 0.29) is 0 Å². The molecule has 0 aliphatic heterocycles. The van der Waals surface area contributed by atoms with Gasteiger partial charge in [-0.05, 0) is 30.5 Å². The normalized spacial score (nSPS) is 13.5. The molecule has 5 nitrogen and oxygen atoms in total. The van der Waals surface area contributed by atoms with Crippen molar-refractivity contribution in [3.05, 3.63) is 23.8 Å². The van der Waals surface area contributed by atoms with Crippen LogP contribution < -0.4 is 14.8 Å². The molecule has 25 heavy (non-hydrogen) atoms. The maximum Gasteiger partial charge on any atom is 0.161 e. The Morgan fingerprint density at radius 3 is 2.48 bits per heavy atom. The summed E-state index contributed by atoms with van der Waals surface area (Å²) in [5.41, 5.74) is 0.999. The second-order valence-electron chi connectivity index (χ2n) is 6.53. The summed E-state index contributed by atoms with van der Waals surface area (Å²) >= 11 is 0. The van der Waals surface area contributed by atoms with Crippen molar-refractivity contribution in [3.63, 3.8) is 0 Å². The average molecular weight is 355 g/mol. The van der Waals surface area contributed by atoms with Crippen molar-refractivity contribution >= 4 is 0 Å². The van der Waals surface area contributed by atoms with Gasteiger partial charge in [-0.3, -0.25) is 0 Å².